The van der Waals surface area contributed by atoms with Gasteiger partial charge in [-0.2, -0.15) is 5.12 Å². The van der Waals surface area contributed by atoms with Crippen molar-refractivity contribution in [3.63, 3.8) is 0 Å². The van der Waals surface area contributed by atoms with E-state index in [-0.39, 0.29) is 36.6 Å². The number of carbonyl (C=O) groups excluding carboxylic acids is 3. The summed E-state index contributed by atoms with van der Waals surface area (Å²) >= 11 is 0. The minimum absolute atomic E-state index is 0.0471. The van der Waals surface area contributed by atoms with Crippen LogP contribution in [0.1, 0.15) is 23.0 Å². The van der Waals surface area contributed by atoms with Crippen molar-refractivity contribution in [2.24, 2.45) is 0 Å². The van der Waals surface area contributed by atoms with E-state index >= 15 is 0 Å². The van der Waals surface area contributed by atoms with Gasteiger partial charge in [-0.1, -0.05) is 34.8 Å². The predicted octanol–water partition coefficient (Wildman–Crippen LogP) is 2.76. The molecule has 8 nitrogen and oxygen atoms in total. The Morgan fingerprint density at radius 3 is 2.58 bits per heavy atom. The van der Waals surface area contributed by atoms with Gasteiger partial charge >= 0.3 is 0 Å². The first kappa shape index (κ1) is 22.3. The Kier molecular flexibility index (Phi) is 6.30. The van der Waals surface area contributed by atoms with E-state index in [1.807, 2.05) is 48.5 Å². The molecule has 0 spiro atoms. The Labute approximate surface area is 190 Å². The number of aromatic amines is 1. The molecule has 0 aliphatic carbocycles. The van der Waals surface area contributed by atoms with Crippen molar-refractivity contribution in [2.75, 3.05) is 26.7 Å². The smallest absolute Gasteiger partial charge is 0.274 e. The molecule has 3 aromatic rings. The number of likely N-dealkylation sites (N-methyl/N-ethyl adjacent to an activating group) is 1. The number of nitrogens with one attached hydrogen (secondary N) is 1. The maximum Gasteiger partial charge on any atom is 0.274 e. The standard InChI is InChI=1S/C24H25FN4O4/c1-16(30)29-11-10-28(14-22(29)24(32)27(2)25)23(31)21-13-18-12-19(8-9-20(18)26-21)33-15-17-6-4-3-5-7-17/h3-9,12-13,22,26H,10-11,14-15H2,1-2H3. The Bertz CT molecular complexity index is 1180. The number of piperazine rings is 1. The number of amides is 3. The number of benzene rings is 2. The number of hydrogen-bond acceptors (Lipinski definition) is 4. The third kappa shape index (κ3) is 4.82. The van der Waals surface area contributed by atoms with Crippen molar-refractivity contribution in [3.8, 4) is 5.75 Å². The summed E-state index contributed by atoms with van der Waals surface area (Å²) in [5, 5.41) is 0.761. The summed E-state index contributed by atoms with van der Waals surface area (Å²) in [5.41, 5.74) is 2.17. The van der Waals surface area contributed by atoms with Crippen LogP contribution in [0.5, 0.6) is 5.75 Å². The van der Waals surface area contributed by atoms with E-state index in [0.29, 0.717) is 18.1 Å². The SMILES string of the molecule is CC(=O)N1CCN(C(=O)c2cc3cc(OCc4ccccc4)ccc3[nH]2)CC1C(=O)N(C)F. The average molecular weight is 452 g/mol. The van der Waals surface area contributed by atoms with Gasteiger partial charge in [-0.25, -0.2) is 0 Å². The molecule has 1 aromatic heterocycles. The fourth-order valence-electron chi connectivity index (χ4n) is 3.99. The predicted molar refractivity (Wildman–Crippen MR) is 120 cm³/mol. The molecular weight excluding hydrogens is 427 g/mol. The lowest BCUT2D eigenvalue weighted by Gasteiger charge is -2.40. The van der Waals surface area contributed by atoms with Crippen molar-refractivity contribution in [1.29, 1.82) is 0 Å². The van der Waals surface area contributed by atoms with Crippen LogP contribution in [0, 0.1) is 0 Å². The van der Waals surface area contributed by atoms with Crippen LogP contribution in [0.3, 0.4) is 0 Å². The molecule has 172 valence electrons. The van der Waals surface area contributed by atoms with Crippen molar-refractivity contribution in [1.82, 2.24) is 19.9 Å². The Balaban J connectivity index is 1.49. The zero-order valence-electron chi connectivity index (χ0n) is 18.5. The van der Waals surface area contributed by atoms with E-state index < -0.39 is 11.9 Å². The summed E-state index contributed by atoms with van der Waals surface area (Å²) in [7, 11) is 0.983. The van der Waals surface area contributed by atoms with Gasteiger partial charge in [0.15, 0.2) is 0 Å². The van der Waals surface area contributed by atoms with Gasteiger partial charge in [-0.3, -0.25) is 14.4 Å². The third-order valence-corrected chi connectivity index (χ3v) is 5.73. The van der Waals surface area contributed by atoms with Crippen molar-refractivity contribution in [2.45, 2.75) is 19.6 Å². The van der Waals surface area contributed by atoms with Crippen LogP contribution in [0.25, 0.3) is 10.9 Å². The summed E-state index contributed by atoms with van der Waals surface area (Å²) < 4.78 is 19.4. The monoisotopic (exact) mass is 452 g/mol. The number of nitrogens with zero attached hydrogens (tertiary/aromatic N) is 3. The topological polar surface area (TPSA) is 86.0 Å². The van der Waals surface area contributed by atoms with E-state index in [1.54, 1.807) is 6.07 Å². The normalized spacial score (nSPS) is 16.0. The van der Waals surface area contributed by atoms with Crippen molar-refractivity contribution >= 4 is 28.6 Å². The Morgan fingerprint density at radius 1 is 1.12 bits per heavy atom. The number of aromatic nitrogens is 1. The van der Waals surface area contributed by atoms with E-state index in [0.717, 1.165) is 23.5 Å². The molecule has 33 heavy (non-hydrogen) atoms. The maximum absolute atomic E-state index is 13.5. The summed E-state index contributed by atoms with van der Waals surface area (Å²) in [6, 6.07) is 16.0. The maximum atomic E-state index is 13.5. The summed E-state index contributed by atoms with van der Waals surface area (Å²) in [6.45, 7) is 2.08. The van der Waals surface area contributed by atoms with Crippen molar-refractivity contribution in [3.05, 3.63) is 65.9 Å². The second-order valence-corrected chi connectivity index (χ2v) is 8.00. The minimum atomic E-state index is -1.06. The van der Waals surface area contributed by atoms with Crippen LogP contribution in [0.2, 0.25) is 0 Å². The molecule has 1 saturated heterocycles. The number of carbonyl (C=O) groups is 3. The van der Waals surface area contributed by atoms with Gasteiger partial charge in [0.05, 0.1) is 6.54 Å². The number of ether oxygens (including phenoxy) is 1. The fourth-order valence-corrected chi connectivity index (χ4v) is 3.99. The molecule has 0 bridgehead atoms. The van der Waals surface area contributed by atoms with Crippen LogP contribution in [0.15, 0.2) is 54.6 Å². The van der Waals surface area contributed by atoms with Crippen LogP contribution in [0.4, 0.5) is 4.48 Å². The zero-order valence-corrected chi connectivity index (χ0v) is 18.5. The molecule has 4 rings (SSSR count). The lowest BCUT2D eigenvalue weighted by Crippen LogP contribution is -2.60. The highest BCUT2D eigenvalue weighted by atomic mass is 19.2. The molecule has 1 aliphatic rings. The molecule has 1 atom stereocenters. The van der Waals surface area contributed by atoms with Crippen LogP contribution in [-0.4, -0.2) is 70.4 Å². The highest BCUT2D eigenvalue weighted by molar-refractivity contribution is 5.99. The molecule has 1 unspecified atom stereocenters. The number of rotatable bonds is 5. The van der Waals surface area contributed by atoms with Crippen LogP contribution < -0.4 is 4.74 Å². The molecule has 1 fully saturated rings. The molecule has 2 heterocycles. The van der Waals surface area contributed by atoms with Gasteiger partial charge < -0.3 is 19.5 Å². The van der Waals surface area contributed by atoms with Gasteiger partial charge in [0.2, 0.25) is 5.91 Å². The van der Waals surface area contributed by atoms with Gasteiger partial charge in [0.1, 0.15) is 24.1 Å². The molecular formula is C24H25FN4O4. The lowest BCUT2D eigenvalue weighted by atomic mass is 10.1. The largest absolute Gasteiger partial charge is 0.489 e. The van der Waals surface area contributed by atoms with Crippen LogP contribution in [-0.2, 0) is 16.2 Å². The highest BCUT2D eigenvalue weighted by Gasteiger charge is 2.37. The average Bonchev–Trinajstić information content (AvgIpc) is 3.25. The fraction of sp³-hybridized carbons (Fsp3) is 0.292. The number of H-pyrrole nitrogens is 1. The van der Waals surface area contributed by atoms with Crippen molar-refractivity contribution < 1.29 is 23.6 Å². The zero-order chi connectivity index (χ0) is 23.5. The van der Waals surface area contributed by atoms with Gasteiger partial charge in [0, 0.05) is 38.0 Å². The number of halogens is 1. The summed E-state index contributed by atoms with van der Waals surface area (Å²) in [4.78, 5) is 43.1. The van der Waals surface area contributed by atoms with E-state index in [1.165, 1.54) is 16.7 Å². The molecule has 3 amide bonds. The number of hydrogen-bond donors (Lipinski definition) is 1. The molecule has 2 aromatic carbocycles. The molecule has 0 saturated carbocycles. The quantitative estimate of drug-likeness (QED) is 0.604. The first-order chi connectivity index (χ1) is 15.8. The second-order valence-electron chi connectivity index (χ2n) is 8.00. The Hall–Kier alpha value is -3.88. The summed E-state index contributed by atoms with van der Waals surface area (Å²) in [6.07, 6.45) is 0. The molecule has 1 aliphatic heterocycles. The first-order valence-electron chi connectivity index (χ1n) is 10.6. The first-order valence-corrected chi connectivity index (χ1v) is 10.6. The van der Waals surface area contributed by atoms with Crippen LogP contribution >= 0.6 is 0 Å². The van der Waals surface area contributed by atoms with E-state index in [9.17, 15) is 18.9 Å². The third-order valence-electron chi connectivity index (χ3n) is 5.73. The second kappa shape index (κ2) is 9.32. The summed E-state index contributed by atoms with van der Waals surface area (Å²) in [5.74, 6) is -0.841. The van der Waals surface area contributed by atoms with E-state index in [2.05, 4.69) is 4.98 Å². The minimum Gasteiger partial charge on any atom is -0.489 e. The molecule has 9 heteroatoms. The molecule has 1 N–H and O–H groups in total. The highest BCUT2D eigenvalue weighted by Crippen LogP contribution is 2.24. The molecule has 0 radical (unpaired) electrons. The Morgan fingerprint density at radius 2 is 1.88 bits per heavy atom. The van der Waals surface area contributed by atoms with Gasteiger partial charge in [0.25, 0.3) is 11.8 Å². The van der Waals surface area contributed by atoms with Gasteiger partial charge in [-0.05, 0) is 29.8 Å². The van der Waals surface area contributed by atoms with E-state index in [4.69, 9.17) is 4.74 Å². The van der Waals surface area contributed by atoms with Gasteiger partial charge in [-0.15, -0.1) is 0 Å². The number of fused-ring (bicyclic) bond motifs is 1. The lowest BCUT2D eigenvalue weighted by molar-refractivity contribution is -0.156.